The lowest BCUT2D eigenvalue weighted by Crippen LogP contribution is -2.30. The van der Waals surface area contributed by atoms with Crippen molar-refractivity contribution in [3.8, 4) is 5.75 Å². The molecule has 3 heteroatoms. The van der Waals surface area contributed by atoms with Crippen molar-refractivity contribution in [3.63, 3.8) is 0 Å². The topological polar surface area (TPSA) is 21.3 Å². The van der Waals surface area contributed by atoms with Crippen molar-refractivity contribution in [2.45, 2.75) is 25.4 Å². The molecule has 0 fully saturated rings. The minimum Gasteiger partial charge on any atom is -0.488 e. The van der Waals surface area contributed by atoms with E-state index < -0.39 is 0 Å². The van der Waals surface area contributed by atoms with Crippen LogP contribution in [0, 0.1) is 0 Å². The molecule has 0 bridgehead atoms. The molecule has 0 amide bonds. The van der Waals surface area contributed by atoms with E-state index in [-0.39, 0.29) is 6.10 Å². The molecule has 0 saturated carbocycles. The van der Waals surface area contributed by atoms with Crippen LogP contribution >= 0.6 is 11.6 Å². The summed E-state index contributed by atoms with van der Waals surface area (Å²) in [4.78, 5) is 0. The Bertz CT molecular complexity index is 585. The summed E-state index contributed by atoms with van der Waals surface area (Å²) in [7, 11) is 0. The molecule has 1 aliphatic rings. The van der Waals surface area contributed by atoms with Gasteiger partial charge in [0, 0.05) is 18.0 Å². The lowest BCUT2D eigenvalue weighted by atomic mass is 10.1. The maximum absolute atomic E-state index is 6.00. The van der Waals surface area contributed by atoms with Crippen LogP contribution in [-0.2, 0) is 12.8 Å². The summed E-state index contributed by atoms with van der Waals surface area (Å²) in [5.74, 6) is 0.982. The third-order valence-corrected chi connectivity index (χ3v) is 4.03. The summed E-state index contributed by atoms with van der Waals surface area (Å²) < 4.78 is 5.91. The maximum Gasteiger partial charge on any atom is 0.123 e. The number of fused-ring (bicyclic) bond motifs is 1. The van der Waals surface area contributed by atoms with Gasteiger partial charge in [-0.05, 0) is 48.7 Å². The second-order valence-corrected chi connectivity index (χ2v) is 5.93. The van der Waals surface area contributed by atoms with Gasteiger partial charge in [-0.25, -0.2) is 0 Å². The van der Waals surface area contributed by atoms with Crippen LogP contribution in [0.3, 0.4) is 0 Å². The van der Waals surface area contributed by atoms with E-state index in [1.165, 1.54) is 11.1 Å². The Hall–Kier alpha value is -1.51. The molecule has 2 nitrogen and oxygen atoms in total. The second-order valence-electron chi connectivity index (χ2n) is 5.49. The zero-order chi connectivity index (χ0) is 14.5. The molecule has 3 rings (SSSR count). The van der Waals surface area contributed by atoms with Crippen molar-refractivity contribution in [3.05, 3.63) is 64.7 Å². The van der Waals surface area contributed by atoms with E-state index in [2.05, 4.69) is 35.6 Å². The highest BCUT2D eigenvalue weighted by Crippen LogP contribution is 2.30. The van der Waals surface area contributed by atoms with Crippen molar-refractivity contribution < 1.29 is 4.74 Å². The highest BCUT2D eigenvalue weighted by atomic mass is 35.5. The van der Waals surface area contributed by atoms with E-state index in [1.54, 1.807) is 0 Å². The van der Waals surface area contributed by atoms with Crippen molar-refractivity contribution in [1.82, 2.24) is 5.32 Å². The van der Waals surface area contributed by atoms with E-state index in [1.807, 2.05) is 18.2 Å². The van der Waals surface area contributed by atoms with Gasteiger partial charge in [-0.3, -0.25) is 0 Å². The van der Waals surface area contributed by atoms with Crippen molar-refractivity contribution >= 4 is 11.6 Å². The van der Waals surface area contributed by atoms with Crippen molar-refractivity contribution in [1.29, 1.82) is 0 Å². The first kappa shape index (κ1) is 14.4. The predicted octanol–water partition coefficient (Wildman–Crippen LogP) is 3.87. The molecule has 2 aromatic rings. The van der Waals surface area contributed by atoms with Gasteiger partial charge in [0.1, 0.15) is 11.9 Å². The molecule has 1 N–H and O–H groups in total. The van der Waals surface area contributed by atoms with E-state index >= 15 is 0 Å². The third kappa shape index (κ3) is 3.99. The molecule has 1 aliphatic heterocycles. The molecule has 1 heterocycles. The monoisotopic (exact) mass is 301 g/mol. The molecule has 2 aromatic carbocycles. The van der Waals surface area contributed by atoms with Gasteiger partial charge in [-0.15, -0.1) is 0 Å². The average molecular weight is 302 g/mol. The fourth-order valence-corrected chi connectivity index (χ4v) is 2.92. The van der Waals surface area contributed by atoms with Crippen LogP contribution in [0.15, 0.2) is 48.5 Å². The molecule has 110 valence electrons. The first-order chi connectivity index (χ1) is 10.3. The summed E-state index contributed by atoms with van der Waals surface area (Å²) in [6.07, 6.45) is 3.45. The summed E-state index contributed by atoms with van der Waals surface area (Å²) in [5.41, 5.74) is 2.62. The molecule has 0 saturated heterocycles. The Labute approximate surface area is 131 Å². The zero-order valence-electron chi connectivity index (χ0n) is 12.0. The van der Waals surface area contributed by atoms with Crippen LogP contribution in [0.4, 0.5) is 0 Å². The summed E-state index contributed by atoms with van der Waals surface area (Å²) in [5, 5.41) is 4.27. The van der Waals surface area contributed by atoms with E-state index in [0.29, 0.717) is 0 Å². The van der Waals surface area contributed by atoms with Crippen molar-refractivity contribution in [2.24, 2.45) is 0 Å². The number of rotatable bonds is 6. The average Bonchev–Trinajstić information content (AvgIpc) is 2.90. The Morgan fingerprint density at radius 2 is 2.00 bits per heavy atom. The van der Waals surface area contributed by atoms with Gasteiger partial charge >= 0.3 is 0 Å². The SMILES string of the molecule is Clc1ccc2c(c1)CC(CNCCCc1ccccc1)O2. The minimum absolute atomic E-state index is 0.232. The van der Waals surface area contributed by atoms with Crippen LogP contribution in [0.25, 0.3) is 0 Å². The van der Waals surface area contributed by atoms with E-state index in [9.17, 15) is 0 Å². The predicted molar refractivity (Wildman–Crippen MR) is 87.2 cm³/mol. The molecule has 1 atom stereocenters. The van der Waals surface area contributed by atoms with E-state index in [0.717, 1.165) is 43.1 Å². The Balaban J connectivity index is 1.36. The number of ether oxygens (including phenoxy) is 1. The van der Waals surface area contributed by atoms with Gasteiger partial charge < -0.3 is 10.1 Å². The normalized spacial score (nSPS) is 16.5. The maximum atomic E-state index is 6.00. The molecule has 0 radical (unpaired) electrons. The molecule has 0 aliphatic carbocycles. The molecule has 1 unspecified atom stereocenters. The largest absolute Gasteiger partial charge is 0.488 e. The van der Waals surface area contributed by atoms with Crippen LogP contribution in [0.1, 0.15) is 17.5 Å². The number of benzene rings is 2. The fourth-order valence-electron chi connectivity index (χ4n) is 2.73. The number of hydrogen-bond acceptors (Lipinski definition) is 2. The van der Waals surface area contributed by atoms with Gasteiger partial charge in [-0.1, -0.05) is 41.9 Å². The van der Waals surface area contributed by atoms with Crippen LogP contribution in [-0.4, -0.2) is 19.2 Å². The first-order valence-electron chi connectivity index (χ1n) is 7.51. The highest BCUT2D eigenvalue weighted by Gasteiger charge is 2.22. The standard InChI is InChI=1S/C18H20ClNO/c19-16-8-9-18-15(11-16)12-17(21-18)13-20-10-4-7-14-5-2-1-3-6-14/h1-3,5-6,8-9,11,17,20H,4,7,10,12-13H2. The van der Waals surface area contributed by atoms with Crippen molar-refractivity contribution in [2.75, 3.05) is 13.1 Å². The quantitative estimate of drug-likeness (QED) is 0.818. The Morgan fingerprint density at radius 3 is 2.86 bits per heavy atom. The number of aryl methyl sites for hydroxylation is 1. The molecular formula is C18H20ClNO. The summed E-state index contributed by atoms with van der Waals surface area (Å²) >= 11 is 6.00. The summed E-state index contributed by atoms with van der Waals surface area (Å²) in [6, 6.07) is 16.5. The number of halogens is 1. The first-order valence-corrected chi connectivity index (χ1v) is 7.89. The van der Waals surface area contributed by atoms with Crippen LogP contribution in [0.5, 0.6) is 5.75 Å². The minimum atomic E-state index is 0.232. The molecule has 0 spiro atoms. The van der Waals surface area contributed by atoms with Gasteiger partial charge in [0.25, 0.3) is 0 Å². The lowest BCUT2D eigenvalue weighted by molar-refractivity contribution is 0.228. The van der Waals surface area contributed by atoms with E-state index in [4.69, 9.17) is 16.3 Å². The third-order valence-electron chi connectivity index (χ3n) is 3.80. The zero-order valence-corrected chi connectivity index (χ0v) is 12.8. The lowest BCUT2D eigenvalue weighted by Gasteiger charge is -2.11. The van der Waals surface area contributed by atoms with Gasteiger partial charge in [0.05, 0.1) is 0 Å². The summed E-state index contributed by atoms with van der Waals surface area (Å²) in [6.45, 7) is 1.91. The molecule has 21 heavy (non-hydrogen) atoms. The second kappa shape index (κ2) is 6.97. The fraction of sp³-hybridized carbons (Fsp3) is 0.333. The Morgan fingerprint density at radius 1 is 1.14 bits per heavy atom. The number of hydrogen-bond donors (Lipinski definition) is 1. The Kier molecular flexibility index (Phi) is 4.79. The molecular weight excluding hydrogens is 282 g/mol. The highest BCUT2D eigenvalue weighted by molar-refractivity contribution is 6.30. The number of nitrogens with one attached hydrogen (secondary N) is 1. The van der Waals surface area contributed by atoms with Gasteiger partial charge in [0.2, 0.25) is 0 Å². The molecule has 0 aromatic heterocycles. The smallest absolute Gasteiger partial charge is 0.123 e. The van der Waals surface area contributed by atoms with Gasteiger partial charge in [0.15, 0.2) is 0 Å². The van der Waals surface area contributed by atoms with Crippen LogP contribution < -0.4 is 10.1 Å². The van der Waals surface area contributed by atoms with Gasteiger partial charge in [-0.2, -0.15) is 0 Å². The van der Waals surface area contributed by atoms with Crippen LogP contribution in [0.2, 0.25) is 5.02 Å².